The molecule has 0 aliphatic heterocycles. The Morgan fingerprint density at radius 1 is 1.18 bits per heavy atom. The summed E-state index contributed by atoms with van der Waals surface area (Å²) in [5.74, 6) is 0. The second-order valence-corrected chi connectivity index (χ2v) is 5.38. The predicted octanol–water partition coefficient (Wildman–Crippen LogP) is 2.78. The van der Waals surface area contributed by atoms with E-state index in [0.717, 1.165) is 19.5 Å². The molecule has 0 amide bonds. The standard InChI is InChI=1S/C15H26N2/c1-11-8-12(2)15(13(3)9-11)10-17(5)7-6-14(4)16/h8-9,14H,6-7,10,16H2,1-5H3. The molecular weight excluding hydrogens is 208 g/mol. The van der Waals surface area contributed by atoms with Crippen molar-refractivity contribution in [2.24, 2.45) is 5.73 Å². The van der Waals surface area contributed by atoms with Gasteiger partial charge in [-0.3, -0.25) is 0 Å². The van der Waals surface area contributed by atoms with E-state index in [-0.39, 0.29) is 6.04 Å². The molecule has 0 saturated carbocycles. The Kier molecular flexibility index (Phi) is 5.16. The van der Waals surface area contributed by atoms with Crippen LogP contribution in [-0.2, 0) is 6.54 Å². The van der Waals surface area contributed by atoms with Gasteiger partial charge in [0.25, 0.3) is 0 Å². The average molecular weight is 234 g/mol. The minimum atomic E-state index is 0.290. The zero-order valence-corrected chi connectivity index (χ0v) is 11.9. The van der Waals surface area contributed by atoms with E-state index in [9.17, 15) is 0 Å². The molecule has 0 fully saturated rings. The zero-order chi connectivity index (χ0) is 13.0. The summed E-state index contributed by atoms with van der Waals surface area (Å²) in [4.78, 5) is 2.36. The van der Waals surface area contributed by atoms with Gasteiger partial charge in [0.05, 0.1) is 0 Å². The molecule has 1 rings (SSSR count). The lowest BCUT2D eigenvalue weighted by Crippen LogP contribution is -2.26. The van der Waals surface area contributed by atoms with Crippen LogP contribution in [-0.4, -0.2) is 24.5 Å². The quantitative estimate of drug-likeness (QED) is 0.849. The number of aryl methyl sites for hydroxylation is 3. The van der Waals surface area contributed by atoms with E-state index in [0.29, 0.717) is 0 Å². The first-order chi connectivity index (χ1) is 7.90. The van der Waals surface area contributed by atoms with Gasteiger partial charge in [-0.2, -0.15) is 0 Å². The second kappa shape index (κ2) is 6.18. The molecule has 0 radical (unpaired) electrons. The van der Waals surface area contributed by atoms with Crippen LogP contribution in [0, 0.1) is 20.8 Å². The molecule has 0 spiro atoms. The van der Waals surface area contributed by atoms with Crippen molar-refractivity contribution in [3.05, 3.63) is 34.4 Å². The topological polar surface area (TPSA) is 29.3 Å². The van der Waals surface area contributed by atoms with Gasteiger partial charge in [0, 0.05) is 12.6 Å². The van der Waals surface area contributed by atoms with Gasteiger partial charge in [-0.05, 0) is 64.4 Å². The van der Waals surface area contributed by atoms with Crippen molar-refractivity contribution in [3.8, 4) is 0 Å². The summed E-state index contributed by atoms with van der Waals surface area (Å²) < 4.78 is 0. The van der Waals surface area contributed by atoms with Crippen LogP contribution in [0.3, 0.4) is 0 Å². The van der Waals surface area contributed by atoms with E-state index in [1.807, 2.05) is 0 Å². The number of nitrogens with two attached hydrogens (primary N) is 1. The lowest BCUT2D eigenvalue weighted by Gasteiger charge is -2.21. The van der Waals surface area contributed by atoms with Crippen LogP contribution < -0.4 is 5.73 Å². The van der Waals surface area contributed by atoms with Gasteiger partial charge < -0.3 is 10.6 Å². The van der Waals surface area contributed by atoms with Gasteiger partial charge in [-0.25, -0.2) is 0 Å². The number of benzene rings is 1. The van der Waals surface area contributed by atoms with Gasteiger partial charge >= 0.3 is 0 Å². The van der Waals surface area contributed by atoms with Crippen molar-refractivity contribution < 1.29 is 0 Å². The zero-order valence-electron chi connectivity index (χ0n) is 11.9. The van der Waals surface area contributed by atoms with E-state index in [1.165, 1.54) is 22.3 Å². The molecule has 0 aliphatic rings. The first kappa shape index (κ1) is 14.2. The number of nitrogens with zero attached hydrogens (tertiary/aromatic N) is 1. The SMILES string of the molecule is Cc1cc(C)c(CN(C)CCC(C)N)c(C)c1. The predicted molar refractivity (Wildman–Crippen MR) is 75.3 cm³/mol. The van der Waals surface area contributed by atoms with Gasteiger partial charge in [0.15, 0.2) is 0 Å². The van der Waals surface area contributed by atoms with Crippen LogP contribution >= 0.6 is 0 Å². The first-order valence-corrected chi connectivity index (χ1v) is 6.41. The monoisotopic (exact) mass is 234 g/mol. The Morgan fingerprint density at radius 3 is 2.18 bits per heavy atom. The van der Waals surface area contributed by atoms with Crippen molar-refractivity contribution in [2.45, 2.75) is 46.7 Å². The van der Waals surface area contributed by atoms with E-state index in [2.05, 4.69) is 51.8 Å². The first-order valence-electron chi connectivity index (χ1n) is 6.41. The third-order valence-corrected chi connectivity index (χ3v) is 3.23. The lowest BCUT2D eigenvalue weighted by molar-refractivity contribution is 0.312. The van der Waals surface area contributed by atoms with Gasteiger partial charge in [-0.15, -0.1) is 0 Å². The lowest BCUT2D eigenvalue weighted by atomic mass is 9.99. The molecule has 1 unspecified atom stereocenters. The van der Waals surface area contributed by atoms with Gasteiger partial charge in [0.2, 0.25) is 0 Å². The Bertz CT molecular complexity index is 346. The molecule has 0 saturated heterocycles. The molecular formula is C15H26N2. The van der Waals surface area contributed by atoms with Crippen molar-refractivity contribution >= 4 is 0 Å². The number of rotatable bonds is 5. The molecule has 2 N–H and O–H groups in total. The van der Waals surface area contributed by atoms with Crippen molar-refractivity contribution in [1.29, 1.82) is 0 Å². The maximum atomic E-state index is 5.79. The molecule has 0 aliphatic carbocycles. The Labute approximate surface area is 106 Å². The Morgan fingerprint density at radius 2 is 1.71 bits per heavy atom. The van der Waals surface area contributed by atoms with E-state index < -0.39 is 0 Å². The molecule has 1 aromatic carbocycles. The van der Waals surface area contributed by atoms with Crippen LogP contribution in [0.25, 0.3) is 0 Å². The van der Waals surface area contributed by atoms with Crippen LogP contribution in [0.15, 0.2) is 12.1 Å². The average Bonchev–Trinajstić information content (AvgIpc) is 2.20. The van der Waals surface area contributed by atoms with Crippen molar-refractivity contribution in [2.75, 3.05) is 13.6 Å². The minimum Gasteiger partial charge on any atom is -0.328 e. The summed E-state index contributed by atoms with van der Waals surface area (Å²) >= 11 is 0. The third-order valence-electron chi connectivity index (χ3n) is 3.23. The summed E-state index contributed by atoms with van der Waals surface area (Å²) in [6.07, 6.45) is 1.06. The van der Waals surface area contributed by atoms with Crippen LogP contribution in [0.2, 0.25) is 0 Å². The molecule has 1 aromatic rings. The fourth-order valence-electron chi connectivity index (χ4n) is 2.23. The van der Waals surface area contributed by atoms with E-state index >= 15 is 0 Å². The Balaban J connectivity index is 2.68. The number of hydrogen-bond donors (Lipinski definition) is 1. The van der Waals surface area contributed by atoms with Gasteiger partial charge in [-0.1, -0.05) is 17.7 Å². The maximum Gasteiger partial charge on any atom is 0.0235 e. The molecule has 2 nitrogen and oxygen atoms in total. The minimum absolute atomic E-state index is 0.290. The van der Waals surface area contributed by atoms with Crippen molar-refractivity contribution in [3.63, 3.8) is 0 Å². The summed E-state index contributed by atoms with van der Waals surface area (Å²) in [5.41, 5.74) is 11.4. The van der Waals surface area contributed by atoms with Crippen LogP contribution in [0.5, 0.6) is 0 Å². The molecule has 17 heavy (non-hydrogen) atoms. The molecule has 1 atom stereocenters. The summed E-state index contributed by atoms with van der Waals surface area (Å²) in [5, 5.41) is 0. The fourth-order valence-corrected chi connectivity index (χ4v) is 2.23. The molecule has 0 bridgehead atoms. The summed E-state index contributed by atoms with van der Waals surface area (Å²) in [7, 11) is 2.17. The molecule has 0 heterocycles. The highest BCUT2D eigenvalue weighted by atomic mass is 15.1. The largest absolute Gasteiger partial charge is 0.328 e. The Hall–Kier alpha value is -0.860. The highest BCUT2D eigenvalue weighted by Crippen LogP contribution is 2.17. The van der Waals surface area contributed by atoms with E-state index in [4.69, 9.17) is 5.73 Å². The summed E-state index contributed by atoms with van der Waals surface area (Å²) in [6, 6.07) is 4.82. The highest BCUT2D eigenvalue weighted by Gasteiger charge is 2.07. The molecule has 96 valence electrons. The van der Waals surface area contributed by atoms with Crippen molar-refractivity contribution in [1.82, 2.24) is 4.90 Å². The van der Waals surface area contributed by atoms with E-state index in [1.54, 1.807) is 0 Å². The normalized spacial score (nSPS) is 13.1. The van der Waals surface area contributed by atoms with Gasteiger partial charge in [0.1, 0.15) is 0 Å². The molecule has 0 aromatic heterocycles. The fraction of sp³-hybridized carbons (Fsp3) is 0.600. The molecule has 2 heteroatoms. The second-order valence-electron chi connectivity index (χ2n) is 5.38. The third kappa shape index (κ3) is 4.49. The summed E-state index contributed by atoms with van der Waals surface area (Å²) in [6.45, 7) is 10.7. The maximum absolute atomic E-state index is 5.79. The highest BCUT2D eigenvalue weighted by molar-refractivity contribution is 5.37. The number of hydrogen-bond acceptors (Lipinski definition) is 2. The van der Waals surface area contributed by atoms with Crippen LogP contribution in [0.1, 0.15) is 35.6 Å². The smallest absolute Gasteiger partial charge is 0.0235 e. The van der Waals surface area contributed by atoms with Crippen LogP contribution in [0.4, 0.5) is 0 Å².